The molecule has 19 heavy (non-hydrogen) atoms. The van der Waals surface area contributed by atoms with Gasteiger partial charge in [0, 0.05) is 12.0 Å². The maximum Gasteiger partial charge on any atom is 0.0680 e. The molecule has 1 aromatic rings. The van der Waals surface area contributed by atoms with E-state index in [4.69, 9.17) is 10.5 Å². The molecule has 2 unspecified atom stereocenters. The van der Waals surface area contributed by atoms with Crippen molar-refractivity contribution in [1.82, 2.24) is 0 Å². The van der Waals surface area contributed by atoms with Crippen LogP contribution < -0.4 is 5.73 Å². The van der Waals surface area contributed by atoms with Crippen molar-refractivity contribution in [3.05, 3.63) is 34.9 Å². The lowest BCUT2D eigenvalue weighted by Crippen LogP contribution is -2.36. The van der Waals surface area contributed by atoms with Crippen molar-refractivity contribution < 1.29 is 4.74 Å². The van der Waals surface area contributed by atoms with Gasteiger partial charge in [0.2, 0.25) is 0 Å². The van der Waals surface area contributed by atoms with E-state index in [1.165, 1.54) is 16.7 Å². The SMILES string of the molecule is Cc1ccc(C(N)C2CC(C)(C)OC2(C)C)c(C)c1. The molecule has 1 heterocycles. The van der Waals surface area contributed by atoms with E-state index >= 15 is 0 Å². The minimum absolute atomic E-state index is 0.0392. The highest BCUT2D eigenvalue weighted by Crippen LogP contribution is 2.47. The number of rotatable bonds is 2. The highest BCUT2D eigenvalue weighted by Gasteiger charge is 2.48. The Bertz CT molecular complexity index is 476. The van der Waals surface area contributed by atoms with E-state index in [0.717, 1.165) is 6.42 Å². The minimum Gasteiger partial charge on any atom is -0.369 e. The molecule has 0 aromatic heterocycles. The number of benzene rings is 1. The fraction of sp³-hybridized carbons (Fsp3) is 0.647. The van der Waals surface area contributed by atoms with Crippen LogP contribution in [-0.2, 0) is 4.74 Å². The fourth-order valence-electron chi connectivity index (χ4n) is 3.58. The van der Waals surface area contributed by atoms with Gasteiger partial charge >= 0.3 is 0 Å². The zero-order valence-electron chi connectivity index (χ0n) is 13.1. The van der Waals surface area contributed by atoms with Crippen LogP contribution in [0.4, 0.5) is 0 Å². The third-order valence-corrected chi connectivity index (χ3v) is 4.36. The van der Waals surface area contributed by atoms with Gasteiger partial charge < -0.3 is 10.5 Å². The Morgan fingerprint density at radius 2 is 1.84 bits per heavy atom. The second-order valence-corrected chi connectivity index (χ2v) is 7.16. The van der Waals surface area contributed by atoms with Crippen LogP contribution in [0.25, 0.3) is 0 Å². The van der Waals surface area contributed by atoms with E-state index in [9.17, 15) is 0 Å². The monoisotopic (exact) mass is 261 g/mol. The largest absolute Gasteiger partial charge is 0.369 e. The first-order valence-corrected chi connectivity index (χ1v) is 7.15. The number of ether oxygens (including phenoxy) is 1. The third kappa shape index (κ3) is 2.85. The molecule has 106 valence electrons. The summed E-state index contributed by atoms with van der Waals surface area (Å²) in [7, 11) is 0. The van der Waals surface area contributed by atoms with E-state index in [2.05, 4.69) is 59.7 Å². The van der Waals surface area contributed by atoms with Crippen LogP contribution in [0.5, 0.6) is 0 Å². The van der Waals surface area contributed by atoms with Crippen LogP contribution in [0.15, 0.2) is 18.2 Å². The smallest absolute Gasteiger partial charge is 0.0680 e. The summed E-state index contributed by atoms with van der Waals surface area (Å²) in [4.78, 5) is 0. The minimum atomic E-state index is -0.166. The Morgan fingerprint density at radius 3 is 2.32 bits per heavy atom. The van der Waals surface area contributed by atoms with Crippen LogP contribution in [0, 0.1) is 19.8 Å². The van der Waals surface area contributed by atoms with Gasteiger partial charge in [-0.15, -0.1) is 0 Å². The summed E-state index contributed by atoms with van der Waals surface area (Å²) < 4.78 is 6.17. The lowest BCUT2D eigenvalue weighted by atomic mass is 9.78. The van der Waals surface area contributed by atoms with Gasteiger partial charge in [-0.2, -0.15) is 0 Å². The van der Waals surface area contributed by atoms with Crippen LogP contribution in [0.1, 0.15) is 56.8 Å². The zero-order chi connectivity index (χ0) is 14.4. The molecular formula is C17H27NO. The third-order valence-electron chi connectivity index (χ3n) is 4.36. The average molecular weight is 261 g/mol. The van der Waals surface area contributed by atoms with Crippen molar-refractivity contribution in [2.24, 2.45) is 11.7 Å². The van der Waals surface area contributed by atoms with Crippen LogP contribution in [0.2, 0.25) is 0 Å². The molecule has 2 rings (SSSR count). The highest BCUT2D eigenvalue weighted by atomic mass is 16.5. The lowest BCUT2D eigenvalue weighted by Gasteiger charge is -2.32. The van der Waals surface area contributed by atoms with Crippen molar-refractivity contribution >= 4 is 0 Å². The molecular weight excluding hydrogens is 234 g/mol. The molecule has 0 spiro atoms. The summed E-state index contributed by atoms with van der Waals surface area (Å²) in [5, 5.41) is 0. The van der Waals surface area contributed by atoms with Gasteiger partial charge in [0.1, 0.15) is 0 Å². The first-order valence-electron chi connectivity index (χ1n) is 7.15. The second-order valence-electron chi connectivity index (χ2n) is 7.16. The van der Waals surface area contributed by atoms with E-state index in [-0.39, 0.29) is 17.2 Å². The van der Waals surface area contributed by atoms with E-state index in [0.29, 0.717) is 5.92 Å². The second kappa shape index (κ2) is 4.60. The summed E-state index contributed by atoms with van der Waals surface area (Å²) in [6, 6.07) is 6.58. The predicted octanol–water partition coefficient (Wildman–Crippen LogP) is 3.90. The molecule has 2 heteroatoms. The molecule has 1 aromatic carbocycles. The topological polar surface area (TPSA) is 35.2 Å². The van der Waals surface area contributed by atoms with Crippen molar-refractivity contribution in [2.45, 2.75) is 65.2 Å². The van der Waals surface area contributed by atoms with Gasteiger partial charge in [-0.3, -0.25) is 0 Å². The van der Waals surface area contributed by atoms with Gasteiger partial charge in [-0.1, -0.05) is 23.8 Å². The van der Waals surface area contributed by atoms with E-state index < -0.39 is 0 Å². The number of hydrogen-bond acceptors (Lipinski definition) is 2. The maximum atomic E-state index is 6.57. The molecule has 1 aliphatic heterocycles. The standard InChI is InChI=1S/C17H27NO/c1-11-7-8-13(12(2)9-11)15(18)14-10-16(3,4)19-17(14,5)6/h7-9,14-15H,10,18H2,1-6H3. The summed E-state index contributed by atoms with van der Waals surface area (Å²) in [5.74, 6) is 0.351. The number of aryl methyl sites for hydroxylation is 2. The molecule has 1 saturated heterocycles. The molecule has 0 saturated carbocycles. The molecule has 1 aliphatic rings. The van der Waals surface area contributed by atoms with Gasteiger partial charge in [0.15, 0.2) is 0 Å². The quantitative estimate of drug-likeness (QED) is 0.876. The van der Waals surface area contributed by atoms with E-state index in [1.807, 2.05) is 0 Å². The zero-order valence-corrected chi connectivity index (χ0v) is 13.1. The molecule has 1 fully saturated rings. The van der Waals surface area contributed by atoms with Crippen molar-refractivity contribution in [2.75, 3.05) is 0 Å². The number of nitrogens with two attached hydrogens (primary N) is 1. The molecule has 2 N–H and O–H groups in total. The van der Waals surface area contributed by atoms with Gasteiger partial charge in [0.05, 0.1) is 11.2 Å². The van der Waals surface area contributed by atoms with Crippen molar-refractivity contribution in [1.29, 1.82) is 0 Å². The predicted molar refractivity (Wildman–Crippen MR) is 80.2 cm³/mol. The van der Waals surface area contributed by atoms with Gasteiger partial charge in [0.25, 0.3) is 0 Å². The summed E-state index contributed by atoms with van der Waals surface area (Å²) >= 11 is 0. The molecule has 0 radical (unpaired) electrons. The first kappa shape index (κ1) is 14.5. The maximum absolute atomic E-state index is 6.57. The van der Waals surface area contributed by atoms with Crippen molar-refractivity contribution in [3.63, 3.8) is 0 Å². The summed E-state index contributed by atoms with van der Waals surface area (Å²) in [6.45, 7) is 12.9. The highest BCUT2D eigenvalue weighted by molar-refractivity contribution is 5.33. The van der Waals surface area contributed by atoms with Crippen LogP contribution in [-0.4, -0.2) is 11.2 Å². The number of hydrogen-bond donors (Lipinski definition) is 1. The van der Waals surface area contributed by atoms with E-state index in [1.54, 1.807) is 0 Å². The molecule has 0 aliphatic carbocycles. The normalized spacial score (nSPS) is 26.4. The Morgan fingerprint density at radius 1 is 1.21 bits per heavy atom. The summed E-state index contributed by atoms with van der Waals surface area (Å²) in [6.07, 6.45) is 1.01. The van der Waals surface area contributed by atoms with Crippen LogP contribution >= 0.6 is 0 Å². The van der Waals surface area contributed by atoms with Gasteiger partial charge in [-0.25, -0.2) is 0 Å². The Hall–Kier alpha value is -0.860. The Labute approximate surface area is 117 Å². The average Bonchev–Trinajstić information content (AvgIpc) is 2.45. The lowest BCUT2D eigenvalue weighted by molar-refractivity contribution is -0.0767. The molecule has 0 bridgehead atoms. The molecule has 0 amide bonds. The first-order chi connectivity index (χ1) is 8.62. The summed E-state index contributed by atoms with van der Waals surface area (Å²) in [5.41, 5.74) is 10.2. The Balaban J connectivity index is 2.31. The van der Waals surface area contributed by atoms with Gasteiger partial charge in [-0.05, 0) is 59.1 Å². The Kier molecular flexibility index (Phi) is 3.53. The molecule has 2 nitrogen and oxygen atoms in total. The molecule has 2 atom stereocenters. The fourth-order valence-corrected chi connectivity index (χ4v) is 3.58. The van der Waals surface area contributed by atoms with Crippen molar-refractivity contribution in [3.8, 4) is 0 Å². The van der Waals surface area contributed by atoms with Crippen LogP contribution in [0.3, 0.4) is 0 Å².